The highest BCUT2D eigenvalue weighted by atomic mass is 16.5. The van der Waals surface area contributed by atoms with Crippen LogP contribution in [0.4, 0.5) is 0 Å². The maximum atomic E-state index is 11.3. The molecule has 0 unspecified atom stereocenters. The molecule has 0 rings (SSSR count). The first kappa shape index (κ1) is 16.2. The monoisotopic (exact) mass is 255 g/mol. The lowest BCUT2D eigenvalue weighted by Gasteiger charge is -2.08. The predicted octanol–water partition coefficient (Wildman–Crippen LogP) is 1.50. The molecule has 0 aromatic heterocycles. The SMILES string of the molecule is COC(=O)CC(=C/C(C)=C/N(C)C)CC(=O)OC. The van der Waals surface area contributed by atoms with Gasteiger partial charge >= 0.3 is 11.9 Å². The van der Waals surface area contributed by atoms with E-state index in [-0.39, 0.29) is 24.8 Å². The smallest absolute Gasteiger partial charge is 0.309 e. The standard InChI is InChI=1S/C13H21NO4/c1-10(9-14(2)3)6-11(7-12(15)17-4)8-13(16)18-5/h6,9H,7-8H2,1-5H3/b10-9+. The second kappa shape index (κ2) is 8.33. The fourth-order valence-electron chi connectivity index (χ4n) is 1.45. The first-order valence-corrected chi connectivity index (χ1v) is 5.57. The van der Waals surface area contributed by atoms with Crippen molar-refractivity contribution in [3.8, 4) is 0 Å². The summed E-state index contributed by atoms with van der Waals surface area (Å²) in [6.45, 7) is 1.90. The molecule has 0 aliphatic rings. The van der Waals surface area contributed by atoms with Crippen LogP contribution in [0.25, 0.3) is 0 Å². The number of hydrogen-bond donors (Lipinski definition) is 0. The summed E-state index contributed by atoms with van der Waals surface area (Å²) in [7, 11) is 6.44. The molecule has 0 saturated heterocycles. The zero-order chi connectivity index (χ0) is 14.1. The average molecular weight is 255 g/mol. The van der Waals surface area contributed by atoms with Crippen LogP contribution in [0, 0.1) is 0 Å². The van der Waals surface area contributed by atoms with Crippen LogP contribution in [0.15, 0.2) is 23.4 Å². The van der Waals surface area contributed by atoms with E-state index in [0.717, 1.165) is 5.57 Å². The summed E-state index contributed by atoms with van der Waals surface area (Å²) in [5, 5.41) is 0. The molecule has 0 N–H and O–H groups in total. The number of hydrogen-bond acceptors (Lipinski definition) is 5. The maximum absolute atomic E-state index is 11.3. The number of allylic oxidation sites excluding steroid dienone is 2. The molecule has 0 bridgehead atoms. The lowest BCUT2D eigenvalue weighted by molar-refractivity contribution is -0.140. The molecule has 0 radical (unpaired) electrons. The van der Waals surface area contributed by atoms with Gasteiger partial charge in [-0.1, -0.05) is 6.08 Å². The van der Waals surface area contributed by atoms with Crippen molar-refractivity contribution >= 4 is 11.9 Å². The minimum absolute atomic E-state index is 0.0875. The number of rotatable bonds is 6. The third kappa shape index (κ3) is 7.49. The molecule has 0 amide bonds. The summed E-state index contributed by atoms with van der Waals surface area (Å²) in [6, 6.07) is 0. The predicted molar refractivity (Wildman–Crippen MR) is 68.8 cm³/mol. The highest BCUT2D eigenvalue weighted by Gasteiger charge is 2.11. The summed E-state index contributed by atoms with van der Waals surface area (Å²) < 4.78 is 9.19. The van der Waals surface area contributed by atoms with Gasteiger partial charge in [0, 0.05) is 20.3 Å². The molecule has 0 heterocycles. The highest BCUT2D eigenvalue weighted by Crippen LogP contribution is 2.13. The van der Waals surface area contributed by atoms with Crippen LogP contribution < -0.4 is 0 Å². The maximum Gasteiger partial charge on any atom is 0.309 e. The van der Waals surface area contributed by atoms with Crippen molar-refractivity contribution in [3.63, 3.8) is 0 Å². The minimum atomic E-state index is -0.372. The van der Waals surface area contributed by atoms with Crippen molar-refractivity contribution < 1.29 is 19.1 Å². The van der Waals surface area contributed by atoms with Gasteiger partial charge in [0.15, 0.2) is 0 Å². The summed E-state index contributed by atoms with van der Waals surface area (Å²) in [5.74, 6) is -0.745. The zero-order valence-corrected chi connectivity index (χ0v) is 11.6. The van der Waals surface area contributed by atoms with Crippen LogP contribution in [0.1, 0.15) is 19.8 Å². The Morgan fingerprint density at radius 3 is 1.83 bits per heavy atom. The molecule has 5 nitrogen and oxygen atoms in total. The van der Waals surface area contributed by atoms with Crippen molar-refractivity contribution in [1.82, 2.24) is 4.90 Å². The van der Waals surface area contributed by atoms with E-state index < -0.39 is 0 Å². The minimum Gasteiger partial charge on any atom is -0.469 e. The van der Waals surface area contributed by atoms with Gasteiger partial charge in [-0.2, -0.15) is 0 Å². The molecule has 0 aromatic rings. The Kier molecular flexibility index (Phi) is 7.51. The number of nitrogens with zero attached hydrogens (tertiary/aromatic N) is 1. The number of esters is 2. The Labute approximate surface area is 108 Å². The number of ether oxygens (including phenoxy) is 2. The van der Waals surface area contributed by atoms with Crippen molar-refractivity contribution in [2.75, 3.05) is 28.3 Å². The summed E-state index contributed by atoms with van der Waals surface area (Å²) in [5.41, 5.74) is 1.62. The van der Waals surface area contributed by atoms with E-state index in [4.69, 9.17) is 0 Å². The van der Waals surface area contributed by atoms with Crippen LogP contribution in [0.5, 0.6) is 0 Å². The molecule has 0 spiro atoms. The normalized spacial score (nSPS) is 10.6. The van der Waals surface area contributed by atoms with Gasteiger partial charge in [0.2, 0.25) is 0 Å². The first-order chi connectivity index (χ1) is 8.38. The molecular formula is C13H21NO4. The molecule has 18 heavy (non-hydrogen) atoms. The Morgan fingerprint density at radius 1 is 1.06 bits per heavy atom. The van der Waals surface area contributed by atoms with E-state index in [1.165, 1.54) is 14.2 Å². The van der Waals surface area contributed by atoms with Gasteiger partial charge in [0.25, 0.3) is 0 Å². The van der Waals surface area contributed by atoms with Gasteiger partial charge < -0.3 is 14.4 Å². The number of carbonyl (C=O) groups excluding carboxylic acids is 2. The van der Waals surface area contributed by atoms with E-state index >= 15 is 0 Å². The van der Waals surface area contributed by atoms with Crippen LogP contribution in [0.2, 0.25) is 0 Å². The largest absolute Gasteiger partial charge is 0.469 e. The quantitative estimate of drug-likeness (QED) is 0.532. The van der Waals surface area contributed by atoms with Gasteiger partial charge in [-0.25, -0.2) is 0 Å². The average Bonchev–Trinajstić information content (AvgIpc) is 2.27. The Hall–Kier alpha value is -1.78. The molecule has 0 aliphatic carbocycles. The van der Waals surface area contributed by atoms with E-state index in [2.05, 4.69) is 9.47 Å². The van der Waals surface area contributed by atoms with Crippen LogP contribution in [-0.4, -0.2) is 45.2 Å². The van der Waals surface area contributed by atoms with Crippen LogP contribution >= 0.6 is 0 Å². The summed E-state index contributed by atoms with van der Waals surface area (Å²) in [6.07, 6.45) is 3.87. The Balaban J connectivity index is 4.89. The number of carbonyl (C=O) groups is 2. The van der Waals surface area contributed by atoms with Gasteiger partial charge in [0.1, 0.15) is 0 Å². The molecule has 0 saturated carbocycles. The van der Waals surface area contributed by atoms with E-state index in [9.17, 15) is 9.59 Å². The van der Waals surface area contributed by atoms with E-state index in [1.54, 1.807) is 6.08 Å². The molecule has 0 atom stereocenters. The molecule has 0 aromatic carbocycles. The molecular weight excluding hydrogens is 234 g/mol. The highest BCUT2D eigenvalue weighted by molar-refractivity contribution is 5.77. The first-order valence-electron chi connectivity index (χ1n) is 5.57. The topological polar surface area (TPSA) is 55.8 Å². The number of methoxy groups -OCH3 is 2. The molecule has 0 aliphatic heterocycles. The summed E-state index contributed by atoms with van der Waals surface area (Å²) >= 11 is 0. The molecule has 5 heteroatoms. The zero-order valence-electron chi connectivity index (χ0n) is 11.6. The van der Waals surface area contributed by atoms with Gasteiger partial charge in [-0.3, -0.25) is 9.59 Å². The second-order valence-corrected chi connectivity index (χ2v) is 4.15. The van der Waals surface area contributed by atoms with Crippen LogP contribution in [0.3, 0.4) is 0 Å². The van der Waals surface area contributed by atoms with Crippen molar-refractivity contribution in [2.24, 2.45) is 0 Å². The molecule has 0 fully saturated rings. The van der Waals surface area contributed by atoms with Gasteiger partial charge in [0.05, 0.1) is 27.1 Å². The van der Waals surface area contributed by atoms with Crippen molar-refractivity contribution in [2.45, 2.75) is 19.8 Å². The van der Waals surface area contributed by atoms with Gasteiger partial charge in [-0.15, -0.1) is 0 Å². The third-order valence-electron chi connectivity index (χ3n) is 2.09. The van der Waals surface area contributed by atoms with Gasteiger partial charge in [-0.05, 0) is 18.1 Å². The van der Waals surface area contributed by atoms with Crippen LogP contribution in [-0.2, 0) is 19.1 Å². The fourth-order valence-corrected chi connectivity index (χ4v) is 1.45. The lowest BCUT2D eigenvalue weighted by Crippen LogP contribution is -2.08. The summed E-state index contributed by atoms with van der Waals surface area (Å²) in [4.78, 5) is 24.4. The Bertz CT molecular complexity index is 336. The second-order valence-electron chi connectivity index (χ2n) is 4.15. The van der Waals surface area contributed by atoms with Crippen molar-refractivity contribution in [1.29, 1.82) is 0 Å². The van der Waals surface area contributed by atoms with E-state index in [0.29, 0.717) is 5.57 Å². The van der Waals surface area contributed by atoms with E-state index in [1.807, 2.05) is 32.1 Å². The fraction of sp³-hybridized carbons (Fsp3) is 0.538. The Morgan fingerprint density at radius 2 is 1.50 bits per heavy atom. The van der Waals surface area contributed by atoms with Crippen molar-refractivity contribution in [3.05, 3.63) is 23.4 Å². The molecule has 102 valence electrons. The third-order valence-corrected chi connectivity index (χ3v) is 2.09. The lowest BCUT2D eigenvalue weighted by atomic mass is 10.1.